The van der Waals surface area contributed by atoms with Crippen molar-refractivity contribution in [2.45, 2.75) is 45.9 Å². The highest BCUT2D eigenvalue weighted by molar-refractivity contribution is 8.16. The van der Waals surface area contributed by atoms with Gasteiger partial charge in [-0.2, -0.15) is 0 Å². The molecule has 0 fully saturated rings. The highest BCUT2D eigenvalue weighted by Crippen LogP contribution is 2.46. The number of hydrogen-bond acceptors (Lipinski definition) is 7. The number of pyridine rings is 1. The van der Waals surface area contributed by atoms with Crippen molar-refractivity contribution in [3.05, 3.63) is 87.3 Å². The van der Waals surface area contributed by atoms with Crippen LogP contribution in [0.2, 0.25) is 5.02 Å². The number of carbonyl (C=O) groups excluding carboxylic acids is 2. The second kappa shape index (κ2) is 10.4. The van der Waals surface area contributed by atoms with Crippen LogP contribution in [0.25, 0.3) is 0 Å². The van der Waals surface area contributed by atoms with Gasteiger partial charge >= 0.3 is 5.97 Å². The first-order chi connectivity index (χ1) is 16.3. The summed E-state index contributed by atoms with van der Waals surface area (Å²) < 4.78 is 5.56. The number of hydrogen-bond donors (Lipinski definition) is 1. The van der Waals surface area contributed by atoms with E-state index in [9.17, 15) is 9.59 Å². The molecule has 7 nitrogen and oxygen atoms in total. The summed E-state index contributed by atoms with van der Waals surface area (Å²) in [5.74, 6) is -0.606. The summed E-state index contributed by atoms with van der Waals surface area (Å²) in [7, 11) is 0. The van der Waals surface area contributed by atoms with Crippen LogP contribution in [0.4, 0.5) is 0 Å². The Balaban J connectivity index is 1.63. The molecule has 0 saturated heterocycles. The van der Waals surface area contributed by atoms with Crippen molar-refractivity contribution < 1.29 is 14.3 Å². The number of aromatic nitrogens is 1. The Kier molecular flexibility index (Phi) is 7.38. The molecule has 2 aromatic rings. The highest BCUT2D eigenvalue weighted by atomic mass is 35.5. The maximum atomic E-state index is 13.2. The van der Waals surface area contributed by atoms with Gasteiger partial charge in [0, 0.05) is 16.9 Å². The van der Waals surface area contributed by atoms with E-state index >= 15 is 0 Å². The molecule has 0 saturated carbocycles. The minimum absolute atomic E-state index is 0.116. The lowest BCUT2D eigenvalue weighted by Gasteiger charge is -2.36. The van der Waals surface area contributed by atoms with E-state index in [0.29, 0.717) is 28.0 Å². The summed E-state index contributed by atoms with van der Waals surface area (Å²) in [5.41, 5.74) is 3.23. The standard InChI is InChI=1S/C25H25ClN4O3S/c1-15(2)33-24(32)22-16(3)29-25-30(23(22)19-9-4-5-10-20(19)26)18(14-34-25)12-21(31)28-13-17-8-6-7-11-27-17/h4-11,14-15,23H,12-13H2,1-3H3,(H,28,31). The van der Waals surface area contributed by atoms with E-state index in [-0.39, 0.29) is 18.4 Å². The van der Waals surface area contributed by atoms with Crippen LogP contribution in [0.1, 0.15) is 44.5 Å². The smallest absolute Gasteiger partial charge is 0.338 e. The molecule has 1 amide bonds. The first-order valence-corrected chi connectivity index (χ1v) is 12.2. The van der Waals surface area contributed by atoms with E-state index < -0.39 is 12.0 Å². The first-order valence-electron chi connectivity index (χ1n) is 10.9. The quantitative estimate of drug-likeness (QED) is 0.545. The molecule has 0 aliphatic carbocycles. The Bertz CT molecular complexity index is 1190. The van der Waals surface area contributed by atoms with E-state index in [1.807, 2.05) is 46.7 Å². The number of allylic oxidation sites excluding steroid dienone is 1. The van der Waals surface area contributed by atoms with E-state index in [1.54, 1.807) is 33.0 Å². The molecule has 1 atom stereocenters. The Morgan fingerprint density at radius 1 is 1.21 bits per heavy atom. The lowest BCUT2D eigenvalue weighted by molar-refractivity contribution is -0.143. The molecule has 0 spiro atoms. The number of esters is 1. The van der Waals surface area contributed by atoms with Crippen molar-refractivity contribution >= 4 is 40.4 Å². The van der Waals surface area contributed by atoms with Crippen molar-refractivity contribution in [2.75, 3.05) is 0 Å². The summed E-state index contributed by atoms with van der Waals surface area (Å²) in [4.78, 5) is 36.8. The van der Waals surface area contributed by atoms with Gasteiger partial charge < -0.3 is 15.0 Å². The zero-order valence-electron chi connectivity index (χ0n) is 19.1. The second-order valence-electron chi connectivity index (χ2n) is 8.14. The average molecular weight is 497 g/mol. The van der Waals surface area contributed by atoms with Gasteiger partial charge in [0.25, 0.3) is 0 Å². The fourth-order valence-corrected chi connectivity index (χ4v) is 5.02. The van der Waals surface area contributed by atoms with Gasteiger partial charge in [0.2, 0.25) is 5.91 Å². The predicted molar refractivity (Wildman–Crippen MR) is 134 cm³/mol. The summed E-state index contributed by atoms with van der Waals surface area (Å²) in [6, 6.07) is 12.4. The molecular weight excluding hydrogens is 472 g/mol. The topological polar surface area (TPSA) is 83.9 Å². The lowest BCUT2D eigenvalue weighted by Crippen LogP contribution is -2.38. The van der Waals surface area contributed by atoms with Crippen LogP contribution in [0.5, 0.6) is 0 Å². The highest BCUT2D eigenvalue weighted by Gasteiger charge is 2.42. The lowest BCUT2D eigenvalue weighted by atomic mass is 9.93. The molecule has 4 rings (SSSR count). The Labute approximate surface area is 207 Å². The molecule has 3 heterocycles. The third kappa shape index (κ3) is 5.18. The fraction of sp³-hybridized carbons (Fsp3) is 0.280. The number of thioether (sulfide) groups is 1. The molecule has 2 aliphatic rings. The van der Waals surface area contributed by atoms with Crippen LogP contribution in [0.15, 0.2) is 76.0 Å². The molecule has 176 valence electrons. The van der Waals surface area contributed by atoms with Crippen molar-refractivity contribution in [1.82, 2.24) is 15.2 Å². The van der Waals surface area contributed by atoms with Crippen LogP contribution in [0, 0.1) is 0 Å². The zero-order valence-corrected chi connectivity index (χ0v) is 20.7. The fourth-order valence-electron chi connectivity index (χ4n) is 3.82. The van der Waals surface area contributed by atoms with Crippen LogP contribution in [0.3, 0.4) is 0 Å². The van der Waals surface area contributed by atoms with Crippen LogP contribution < -0.4 is 5.32 Å². The maximum absolute atomic E-state index is 13.2. The SMILES string of the molecule is CC1=C(C(=O)OC(C)C)C(c2ccccc2Cl)N2C(CC(=O)NCc3ccccn3)=CSC2=N1. The maximum Gasteiger partial charge on any atom is 0.338 e. The molecular formula is C25H25ClN4O3S. The summed E-state index contributed by atoms with van der Waals surface area (Å²) in [6.07, 6.45) is 1.52. The molecule has 2 aliphatic heterocycles. The molecule has 1 unspecified atom stereocenters. The van der Waals surface area contributed by atoms with Gasteiger partial charge in [-0.3, -0.25) is 9.78 Å². The van der Waals surface area contributed by atoms with Crippen molar-refractivity contribution in [3.8, 4) is 0 Å². The summed E-state index contributed by atoms with van der Waals surface area (Å²) in [6.45, 7) is 5.74. The third-order valence-electron chi connectivity index (χ3n) is 5.30. The van der Waals surface area contributed by atoms with Crippen molar-refractivity contribution in [1.29, 1.82) is 0 Å². The van der Waals surface area contributed by atoms with Gasteiger partial charge in [0.05, 0.1) is 42.1 Å². The van der Waals surface area contributed by atoms with Gasteiger partial charge in [-0.15, -0.1) is 0 Å². The number of ether oxygens (including phenoxy) is 1. The number of benzene rings is 1. The number of nitrogens with zero attached hydrogens (tertiary/aromatic N) is 3. The number of amides is 1. The number of fused-ring (bicyclic) bond motifs is 1. The first kappa shape index (κ1) is 24.0. The number of rotatable bonds is 7. The zero-order chi connectivity index (χ0) is 24.2. The molecule has 0 bridgehead atoms. The number of aliphatic imine (C=N–C) groups is 1. The molecule has 9 heteroatoms. The molecule has 0 radical (unpaired) electrons. The van der Waals surface area contributed by atoms with Crippen LogP contribution in [-0.4, -0.2) is 33.0 Å². The summed E-state index contributed by atoms with van der Waals surface area (Å²) >= 11 is 8.01. The largest absolute Gasteiger partial charge is 0.459 e. The molecule has 1 aromatic heterocycles. The second-order valence-corrected chi connectivity index (χ2v) is 9.39. The van der Waals surface area contributed by atoms with E-state index in [4.69, 9.17) is 16.3 Å². The number of carbonyl (C=O) groups is 2. The van der Waals surface area contributed by atoms with E-state index in [1.165, 1.54) is 11.8 Å². The summed E-state index contributed by atoms with van der Waals surface area (Å²) in [5, 5.41) is 6.02. The van der Waals surface area contributed by atoms with Gasteiger partial charge in [-0.1, -0.05) is 47.6 Å². The minimum Gasteiger partial charge on any atom is -0.459 e. The minimum atomic E-state index is -0.558. The molecule has 1 N–H and O–H groups in total. The predicted octanol–water partition coefficient (Wildman–Crippen LogP) is 4.97. The number of nitrogens with one attached hydrogen (secondary N) is 1. The Morgan fingerprint density at radius 2 is 1.97 bits per heavy atom. The van der Waals surface area contributed by atoms with Crippen molar-refractivity contribution in [3.63, 3.8) is 0 Å². The van der Waals surface area contributed by atoms with Gasteiger partial charge in [-0.25, -0.2) is 9.79 Å². The molecule has 34 heavy (non-hydrogen) atoms. The van der Waals surface area contributed by atoms with E-state index in [2.05, 4.69) is 15.3 Å². The normalized spacial score (nSPS) is 17.3. The van der Waals surface area contributed by atoms with Gasteiger partial charge in [-0.05, 0) is 49.9 Å². The van der Waals surface area contributed by atoms with Gasteiger partial charge in [0.1, 0.15) is 0 Å². The Morgan fingerprint density at radius 3 is 2.68 bits per heavy atom. The van der Waals surface area contributed by atoms with Crippen molar-refractivity contribution in [2.24, 2.45) is 4.99 Å². The van der Waals surface area contributed by atoms with Gasteiger partial charge in [0.15, 0.2) is 5.17 Å². The third-order valence-corrected chi connectivity index (χ3v) is 6.53. The number of amidine groups is 1. The Hall–Kier alpha value is -3.10. The number of halogens is 1. The van der Waals surface area contributed by atoms with E-state index in [0.717, 1.165) is 17.0 Å². The van der Waals surface area contributed by atoms with Crippen LogP contribution in [-0.2, 0) is 20.9 Å². The van der Waals surface area contributed by atoms with Crippen LogP contribution >= 0.6 is 23.4 Å². The monoisotopic (exact) mass is 496 g/mol. The average Bonchev–Trinajstić information content (AvgIpc) is 3.19. The molecule has 1 aromatic carbocycles.